The summed E-state index contributed by atoms with van der Waals surface area (Å²) in [6.45, 7) is 3.28. The maximum Gasteiger partial charge on any atom is 0.246 e. The van der Waals surface area contributed by atoms with Gasteiger partial charge in [0.25, 0.3) is 0 Å². The van der Waals surface area contributed by atoms with Crippen molar-refractivity contribution in [3.8, 4) is 0 Å². The Balaban J connectivity index is 2.13. The van der Waals surface area contributed by atoms with Crippen molar-refractivity contribution in [2.75, 3.05) is 18.5 Å². The van der Waals surface area contributed by atoms with Gasteiger partial charge in [-0.15, -0.1) is 0 Å². The standard InChI is InChI=1S/C11H19N5O2S/c1-2-3-9-4-5-16(8-9)19(17,18)10-6-13-11(15-12)14-7-10/h6-7,9H,2-5,8,12H2,1H3,(H,13,14,15). The summed E-state index contributed by atoms with van der Waals surface area (Å²) < 4.78 is 26.3. The lowest BCUT2D eigenvalue weighted by molar-refractivity contribution is 0.444. The SMILES string of the molecule is CCCC1CCN(S(=O)(=O)c2cnc(NN)nc2)C1. The Morgan fingerprint density at radius 2 is 2.16 bits per heavy atom. The third-order valence-electron chi connectivity index (χ3n) is 3.34. The van der Waals surface area contributed by atoms with E-state index in [4.69, 9.17) is 5.84 Å². The van der Waals surface area contributed by atoms with Gasteiger partial charge in [-0.05, 0) is 18.8 Å². The Morgan fingerprint density at radius 1 is 1.47 bits per heavy atom. The van der Waals surface area contributed by atoms with Crippen molar-refractivity contribution in [1.82, 2.24) is 14.3 Å². The summed E-state index contributed by atoms with van der Waals surface area (Å²) in [6, 6.07) is 0. The van der Waals surface area contributed by atoms with Crippen molar-refractivity contribution < 1.29 is 8.42 Å². The second-order valence-corrected chi connectivity index (χ2v) is 6.63. The molecular weight excluding hydrogens is 266 g/mol. The summed E-state index contributed by atoms with van der Waals surface area (Å²) in [5, 5.41) is 0. The van der Waals surface area contributed by atoms with Gasteiger partial charge < -0.3 is 0 Å². The van der Waals surface area contributed by atoms with Crippen molar-refractivity contribution in [2.45, 2.75) is 31.1 Å². The quantitative estimate of drug-likeness (QED) is 0.606. The first kappa shape index (κ1) is 14.2. The Labute approximate surface area is 113 Å². The van der Waals surface area contributed by atoms with Crippen LogP contribution in [0.2, 0.25) is 0 Å². The number of hydrogen-bond acceptors (Lipinski definition) is 6. The molecule has 1 aliphatic heterocycles. The molecule has 0 aliphatic carbocycles. The minimum atomic E-state index is -3.48. The molecule has 0 spiro atoms. The second-order valence-electron chi connectivity index (χ2n) is 4.69. The van der Waals surface area contributed by atoms with Gasteiger partial charge in [0.1, 0.15) is 4.90 Å². The third kappa shape index (κ3) is 3.02. The predicted octanol–water partition coefficient (Wildman–Crippen LogP) is 0.573. The number of sulfonamides is 1. The topological polar surface area (TPSA) is 101 Å². The summed E-state index contributed by atoms with van der Waals surface area (Å²) >= 11 is 0. The van der Waals surface area contributed by atoms with E-state index >= 15 is 0 Å². The molecule has 1 fully saturated rings. The monoisotopic (exact) mass is 285 g/mol. The molecule has 106 valence electrons. The van der Waals surface area contributed by atoms with E-state index in [1.165, 1.54) is 16.7 Å². The summed E-state index contributed by atoms with van der Waals surface area (Å²) in [5.74, 6) is 5.81. The van der Waals surface area contributed by atoms with Crippen LogP contribution in [0.3, 0.4) is 0 Å². The average molecular weight is 285 g/mol. The van der Waals surface area contributed by atoms with Crippen LogP contribution in [0.25, 0.3) is 0 Å². The number of nitrogen functional groups attached to an aromatic ring is 1. The average Bonchev–Trinajstić information content (AvgIpc) is 2.89. The lowest BCUT2D eigenvalue weighted by Crippen LogP contribution is -2.29. The van der Waals surface area contributed by atoms with Gasteiger partial charge in [-0.25, -0.2) is 24.2 Å². The van der Waals surface area contributed by atoms with Crippen LogP contribution in [-0.4, -0.2) is 35.8 Å². The number of nitrogens with two attached hydrogens (primary N) is 1. The van der Waals surface area contributed by atoms with Crippen LogP contribution in [-0.2, 0) is 10.0 Å². The van der Waals surface area contributed by atoms with Gasteiger partial charge in [0.05, 0.1) is 12.4 Å². The van der Waals surface area contributed by atoms with E-state index < -0.39 is 10.0 Å². The number of nitrogens with zero attached hydrogens (tertiary/aromatic N) is 3. The number of anilines is 1. The number of hydrazine groups is 1. The number of hydrogen-bond donors (Lipinski definition) is 2. The zero-order chi connectivity index (χ0) is 13.9. The van der Waals surface area contributed by atoms with Crippen LogP contribution in [0.1, 0.15) is 26.2 Å². The van der Waals surface area contributed by atoms with E-state index in [0.717, 1.165) is 19.3 Å². The zero-order valence-corrected chi connectivity index (χ0v) is 11.7. The van der Waals surface area contributed by atoms with Crippen molar-refractivity contribution >= 4 is 16.0 Å². The first-order valence-electron chi connectivity index (χ1n) is 6.36. The van der Waals surface area contributed by atoms with Gasteiger partial charge in [-0.1, -0.05) is 13.3 Å². The van der Waals surface area contributed by atoms with E-state index in [9.17, 15) is 8.42 Å². The van der Waals surface area contributed by atoms with E-state index in [1.54, 1.807) is 0 Å². The highest BCUT2D eigenvalue weighted by Gasteiger charge is 2.32. The molecule has 0 amide bonds. The van der Waals surface area contributed by atoms with Crippen molar-refractivity contribution in [3.63, 3.8) is 0 Å². The second kappa shape index (κ2) is 5.81. The fraction of sp³-hybridized carbons (Fsp3) is 0.636. The molecule has 1 aromatic rings. The number of aromatic nitrogens is 2. The highest BCUT2D eigenvalue weighted by molar-refractivity contribution is 7.89. The van der Waals surface area contributed by atoms with Crippen molar-refractivity contribution in [1.29, 1.82) is 0 Å². The molecule has 2 heterocycles. The molecule has 0 bridgehead atoms. The lowest BCUT2D eigenvalue weighted by atomic mass is 10.0. The number of rotatable bonds is 5. The summed E-state index contributed by atoms with van der Waals surface area (Å²) in [7, 11) is -3.48. The highest BCUT2D eigenvalue weighted by atomic mass is 32.2. The van der Waals surface area contributed by atoms with E-state index in [-0.39, 0.29) is 10.8 Å². The smallest absolute Gasteiger partial charge is 0.246 e. The van der Waals surface area contributed by atoms with Crippen molar-refractivity contribution in [2.24, 2.45) is 11.8 Å². The fourth-order valence-electron chi connectivity index (χ4n) is 2.33. The molecule has 8 heteroatoms. The van der Waals surface area contributed by atoms with Crippen LogP contribution in [0, 0.1) is 5.92 Å². The van der Waals surface area contributed by atoms with Gasteiger partial charge in [0.2, 0.25) is 16.0 Å². The van der Waals surface area contributed by atoms with Crippen LogP contribution < -0.4 is 11.3 Å². The molecule has 2 rings (SSSR count). The van der Waals surface area contributed by atoms with E-state index in [1.807, 2.05) is 0 Å². The summed E-state index contributed by atoms with van der Waals surface area (Å²) in [4.78, 5) is 7.79. The van der Waals surface area contributed by atoms with Gasteiger partial charge >= 0.3 is 0 Å². The predicted molar refractivity (Wildman–Crippen MR) is 71.6 cm³/mol. The molecule has 3 N–H and O–H groups in total. The molecule has 19 heavy (non-hydrogen) atoms. The zero-order valence-electron chi connectivity index (χ0n) is 10.9. The van der Waals surface area contributed by atoms with Gasteiger partial charge in [0.15, 0.2) is 0 Å². The van der Waals surface area contributed by atoms with E-state index in [0.29, 0.717) is 19.0 Å². The van der Waals surface area contributed by atoms with Crippen LogP contribution in [0.5, 0.6) is 0 Å². The molecule has 0 saturated carbocycles. The molecule has 0 aromatic carbocycles. The molecule has 1 saturated heterocycles. The normalized spacial score (nSPS) is 20.6. The summed E-state index contributed by atoms with van der Waals surface area (Å²) in [6.07, 6.45) is 5.64. The summed E-state index contributed by atoms with van der Waals surface area (Å²) in [5.41, 5.74) is 2.27. The lowest BCUT2D eigenvalue weighted by Gasteiger charge is -2.16. The maximum atomic E-state index is 12.4. The molecule has 1 unspecified atom stereocenters. The van der Waals surface area contributed by atoms with Crippen LogP contribution in [0.15, 0.2) is 17.3 Å². The molecule has 0 radical (unpaired) electrons. The first-order chi connectivity index (χ1) is 9.07. The Kier molecular flexibility index (Phi) is 4.33. The molecule has 7 nitrogen and oxygen atoms in total. The molecule has 1 aromatic heterocycles. The largest absolute Gasteiger partial charge is 0.292 e. The van der Waals surface area contributed by atoms with E-state index in [2.05, 4.69) is 22.3 Å². The minimum Gasteiger partial charge on any atom is -0.292 e. The molecule has 1 atom stereocenters. The minimum absolute atomic E-state index is 0.114. The van der Waals surface area contributed by atoms with Crippen LogP contribution in [0.4, 0.5) is 5.95 Å². The van der Waals surface area contributed by atoms with Gasteiger partial charge in [-0.3, -0.25) is 5.43 Å². The Morgan fingerprint density at radius 3 is 2.74 bits per heavy atom. The number of nitrogens with one attached hydrogen (secondary N) is 1. The molecule has 1 aliphatic rings. The Hall–Kier alpha value is -1.25. The maximum absolute atomic E-state index is 12.4. The first-order valence-corrected chi connectivity index (χ1v) is 7.80. The van der Waals surface area contributed by atoms with Gasteiger partial charge in [-0.2, -0.15) is 4.31 Å². The fourth-order valence-corrected chi connectivity index (χ4v) is 3.76. The third-order valence-corrected chi connectivity index (χ3v) is 5.16. The Bertz CT molecular complexity index is 516. The molecular formula is C11H19N5O2S. The van der Waals surface area contributed by atoms with Gasteiger partial charge in [0, 0.05) is 13.1 Å². The van der Waals surface area contributed by atoms with Crippen LogP contribution >= 0.6 is 0 Å². The highest BCUT2D eigenvalue weighted by Crippen LogP contribution is 2.26. The van der Waals surface area contributed by atoms with Crippen molar-refractivity contribution in [3.05, 3.63) is 12.4 Å².